The zero-order valence-corrected chi connectivity index (χ0v) is 11.8. The van der Waals surface area contributed by atoms with E-state index in [1.54, 1.807) is 12.1 Å². The van der Waals surface area contributed by atoms with Crippen molar-refractivity contribution in [3.8, 4) is 0 Å². The number of alkyl halides is 3. The Labute approximate surface area is 121 Å². The second kappa shape index (κ2) is 5.33. The molecule has 0 aliphatic carbocycles. The molecule has 110 valence electrons. The Hall–Kier alpha value is -1.15. The van der Waals surface area contributed by atoms with E-state index in [0.717, 1.165) is 0 Å². The lowest BCUT2D eigenvalue weighted by molar-refractivity contribution is -0.236. The molecule has 0 amide bonds. The molecule has 8 heteroatoms. The third kappa shape index (κ3) is 2.54. The molecule has 2 heterocycles. The maximum atomic E-state index is 13.2. The van der Waals surface area contributed by atoms with Crippen molar-refractivity contribution in [1.29, 1.82) is 0 Å². The second-order valence-electron chi connectivity index (χ2n) is 4.77. The molecule has 1 saturated heterocycles. The van der Waals surface area contributed by atoms with Gasteiger partial charge in [-0.25, -0.2) is 0 Å². The Bertz CT molecular complexity index is 506. The van der Waals surface area contributed by atoms with Crippen LogP contribution in [-0.4, -0.2) is 35.3 Å². The number of rotatable bonds is 3. The summed E-state index contributed by atoms with van der Waals surface area (Å²) in [5, 5.41) is 11.6. The van der Waals surface area contributed by atoms with E-state index in [-0.39, 0.29) is 13.0 Å². The summed E-state index contributed by atoms with van der Waals surface area (Å²) in [4.78, 5) is 15.3. The van der Waals surface area contributed by atoms with Crippen LogP contribution in [0.5, 0.6) is 0 Å². The Morgan fingerprint density at radius 1 is 1.55 bits per heavy atom. The minimum absolute atomic E-state index is 0.00353. The van der Waals surface area contributed by atoms with Crippen molar-refractivity contribution in [1.82, 2.24) is 10.3 Å². The monoisotopic (exact) mass is 352 g/mol. The molecule has 0 aromatic carbocycles. The molecule has 2 atom stereocenters. The van der Waals surface area contributed by atoms with Crippen LogP contribution in [-0.2, 0) is 11.2 Å². The number of aliphatic carboxylic acids is 1. The van der Waals surface area contributed by atoms with Crippen molar-refractivity contribution in [2.24, 2.45) is 11.3 Å². The smallest absolute Gasteiger partial charge is 0.406 e. The van der Waals surface area contributed by atoms with E-state index < -0.39 is 30.0 Å². The summed E-state index contributed by atoms with van der Waals surface area (Å²) in [5.41, 5.74) is -2.31. The number of halogens is 4. The Balaban J connectivity index is 2.30. The zero-order valence-electron chi connectivity index (χ0n) is 10.2. The number of nitrogens with one attached hydrogen (secondary N) is 1. The first-order valence-corrected chi connectivity index (χ1v) is 6.68. The summed E-state index contributed by atoms with van der Waals surface area (Å²) in [6, 6.07) is 3.26. The van der Waals surface area contributed by atoms with Gasteiger partial charge in [0.05, 0.1) is 0 Å². The molecule has 0 bridgehead atoms. The van der Waals surface area contributed by atoms with Crippen LogP contribution in [0.3, 0.4) is 0 Å². The van der Waals surface area contributed by atoms with Crippen LogP contribution in [0, 0.1) is 11.3 Å². The first kappa shape index (κ1) is 15.2. The van der Waals surface area contributed by atoms with Gasteiger partial charge in [0.25, 0.3) is 0 Å². The molecular formula is C12H12BrF3N2O2. The molecule has 1 fully saturated rings. The van der Waals surface area contributed by atoms with Gasteiger partial charge in [-0.2, -0.15) is 13.2 Å². The van der Waals surface area contributed by atoms with E-state index in [0.29, 0.717) is 10.2 Å². The van der Waals surface area contributed by atoms with Gasteiger partial charge in [-0.05, 0) is 41.0 Å². The van der Waals surface area contributed by atoms with Gasteiger partial charge in [0.15, 0.2) is 5.41 Å². The van der Waals surface area contributed by atoms with Gasteiger partial charge in [-0.15, -0.1) is 0 Å². The molecular weight excluding hydrogens is 341 g/mol. The van der Waals surface area contributed by atoms with Gasteiger partial charge < -0.3 is 10.4 Å². The van der Waals surface area contributed by atoms with Crippen molar-refractivity contribution < 1.29 is 23.1 Å². The minimum Gasteiger partial charge on any atom is -0.481 e. The van der Waals surface area contributed by atoms with Crippen molar-refractivity contribution in [2.45, 2.75) is 12.6 Å². The highest BCUT2D eigenvalue weighted by Gasteiger charge is 2.66. The summed E-state index contributed by atoms with van der Waals surface area (Å²) in [6.45, 7) is -0.601. The topological polar surface area (TPSA) is 62.2 Å². The number of carboxylic acid groups (broad SMARTS) is 1. The standard InChI is InChI=1S/C12H12BrF3N2O2/c13-8-1-2-9(18-5-8)3-7-4-17-6-11(7,10(19)20)12(14,15)16/h1-2,5,7,17H,3-4,6H2,(H,19,20)/t7-,11-/m0/s1. The van der Waals surface area contributed by atoms with Gasteiger partial charge >= 0.3 is 12.1 Å². The van der Waals surface area contributed by atoms with Crippen LogP contribution < -0.4 is 5.32 Å². The van der Waals surface area contributed by atoms with E-state index >= 15 is 0 Å². The summed E-state index contributed by atoms with van der Waals surface area (Å²) in [6.07, 6.45) is -3.36. The van der Waals surface area contributed by atoms with E-state index in [9.17, 15) is 18.0 Å². The first-order valence-electron chi connectivity index (χ1n) is 5.88. The Morgan fingerprint density at radius 2 is 2.25 bits per heavy atom. The molecule has 1 aliphatic rings. The average Bonchev–Trinajstić information content (AvgIpc) is 2.76. The lowest BCUT2D eigenvalue weighted by Gasteiger charge is -2.32. The predicted octanol–water partition coefficient (Wildman–Crippen LogP) is 2.24. The lowest BCUT2D eigenvalue weighted by Crippen LogP contribution is -2.51. The number of hydrogen-bond acceptors (Lipinski definition) is 3. The van der Waals surface area contributed by atoms with Gasteiger partial charge in [-0.3, -0.25) is 9.78 Å². The number of pyridine rings is 1. The molecule has 1 aromatic heterocycles. The quantitative estimate of drug-likeness (QED) is 0.875. The highest BCUT2D eigenvalue weighted by atomic mass is 79.9. The third-order valence-corrected chi connectivity index (χ3v) is 4.09. The highest BCUT2D eigenvalue weighted by Crippen LogP contribution is 2.47. The summed E-state index contributed by atoms with van der Waals surface area (Å²) < 4.78 is 40.4. The van der Waals surface area contributed by atoms with Crippen molar-refractivity contribution >= 4 is 21.9 Å². The number of hydrogen-bond donors (Lipinski definition) is 2. The normalized spacial score (nSPS) is 26.7. The van der Waals surface area contributed by atoms with Crippen LogP contribution in [0.25, 0.3) is 0 Å². The molecule has 1 aromatic rings. The first-order chi connectivity index (χ1) is 9.27. The SMILES string of the molecule is O=C(O)[C@]1(C(F)(F)F)CNC[C@@H]1Cc1ccc(Br)cn1. The molecule has 0 unspecified atom stereocenters. The maximum absolute atomic E-state index is 13.2. The van der Waals surface area contributed by atoms with Crippen LogP contribution in [0.1, 0.15) is 5.69 Å². The van der Waals surface area contributed by atoms with Crippen LogP contribution in [0.2, 0.25) is 0 Å². The summed E-state index contributed by atoms with van der Waals surface area (Å²) in [7, 11) is 0. The number of aromatic nitrogens is 1. The van der Waals surface area contributed by atoms with E-state index in [1.807, 2.05) is 0 Å². The summed E-state index contributed by atoms with van der Waals surface area (Å²) in [5.74, 6) is -2.91. The summed E-state index contributed by atoms with van der Waals surface area (Å²) >= 11 is 3.19. The van der Waals surface area contributed by atoms with Crippen LogP contribution >= 0.6 is 15.9 Å². The largest absolute Gasteiger partial charge is 0.481 e. The van der Waals surface area contributed by atoms with Gasteiger partial charge in [0.1, 0.15) is 0 Å². The zero-order chi connectivity index (χ0) is 15.0. The predicted molar refractivity (Wildman–Crippen MR) is 68.1 cm³/mol. The van der Waals surface area contributed by atoms with E-state index in [1.165, 1.54) is 6.20 Å². The molecule has 1 aliphatic heterocycles. The number of carbonyl (C=O) groups is 1. The van der Waals surface area contributed by atoms with Gasteiger partial charge in [-0.1, -0.05) is 0 Å². The fraction of sp³-hybridized carbons (Fsp3) is 0.500. The average molecular weight is 353 g/mol. The third-order valence-electron chi connectivity index (χ3n) is 3.62. The molecule has 0 radical (unpaired) electrons. The number of carboxylic acids is 1. The fourth-order valence-corrected chi connectivity index (χ4v) is 2.73. The Kier molecular flexibility index (Phi) is 4.06. The molecule has 4 nitrogen and oxygen atoms in total. The molecule has 20 heavy (non-hydrogen) atoms. The number of nitrogens with zero attached hydrogens (tertiary/aromatic N) is 1. The fourth-order valence-electron chi connectivity index (χ4n) is 2.49. The lowest BCUT2D eigenvalue weighted by atomic mass is 9.75. The molecule has 0 saturated carbocycles. The molecule has 2 N–H and O–H groups in total. The molecule has 2 rings (SSSR count). The van der Waals surface area contributed by atoms with Crippen LogP contribution in [0.4, 0.5) is 13.2 Å². The Morgan fingerprint density at radius 3 is 2.75 bits per heavy atom. The van der Waals surface area contributed by atoms with Gasteiger partial charge in [0, 0.05) is 28.8 Å². The highest BCUT2D eigenvalue weighted by molar-refractivity contribution is 9.10. The van der Waals surface area contributed by atoms with Crippen molar-refractivity contribution in [3.05, 3.63) is 28.5 Å². The van der Waals surface area contributed by atoms with Crippen molar-refractivity contribution in [2.75, 3.05) is 13.1 Å². The minimum atomic E-state index is -4.80. The second-order valence-corrected chi connectivity index (χ2v) is 5.69. The van der Waals surface area contributed by atoms with E-state index in [2.05, 4.69) is 26.2 Å². The van der Waals surface area contributed by atoms with Crippen molar-refractivity contribution in [3.63, 3.8) is 0 Å². The van der Waals surface area contributed by atoms with Crippen LogP contribution in [0.15, 0.2) is 22.8 Å². The maximum Gasteiger partial charge on any atom is 0.406 e. The molecule has 0 spiro atoms. The van der Waals surface area contributed by atoms with Gasteiger partial charge in [0.2, 0.25) is 0 Å². The van der Waals surface area contributed by atoms with E-state index in [4.69, 9.17) is 5.11 Å².